The van der Waals surface area contributed by atoms with Crippen LogP contribution >= 0.6 is 0 Å². The van der Waals surface area contributed by atoms with Crippen molar-refractivity contribution in [2.45, 2.75) is 71.5 Å². The van der Waals surface area contributed by atoms with E-state index in [1.54, 1.807) is 17.0 Å². The molecule has 2 N–H and O–H groups in total. The van der Waals surface area contributed by atoms with Crippen molar-refractivity contribution in [3.05, 3.63) is 23.9 Å². The van der Waals surface area contributed by atoms with Gasteiger partial charge in [0.1, 0.15) is 11.2 Å². The highest BCUT2D eigenvalue weighted by molar-refractivity contribution is 5.92. The van der Waals surface area contributed by atoms with Crippen LogP contribution in [0.5, 0.6) is 0 Å². The first-order chi connectivity index (χ1) is 13.8. The van der Waals surface area contributed by atoms with E-state index in [1.165, 1.54) is 4.68 Å². The number of carbonyl (C=O) groups is 2. The highest BCUT2D eigenvalue weighted by atomic mass is 16.6. The molecular weight excluding hydrogens is 384 g/mol. The van der Waals surface area contributed by atoms with E-state index in [-0.39, 0.29) is 12.0 Å². The molecule has 30 heavy (non-hydrogen) atoms. The fourth-order valence-electron chi connectivity index (χ4n) is 3.57. The number of carbonyl (C=O) groups excluding carboxylic acids is 2. The van der Waals surface area contributed by atoms with Crippen molar-refractivity contribution >= 4 is 28.8 Å². The summed E-state index contributed by atoms with van der Waals surface area (Å²) in [6.45, 7) is 12.2. The smallest absolute Gasteiger partial charge is 0.435 e. The Kier molecular flexibility index (Phi) is 5.71. The van der Waals surface area contributed by atoms with E-state index in [9.17, 15) is 9.59 Å². The topological polar surface area (TPSA) is 99.7 Å². The second kappa shape index (κ2) is 7.81. The van der Waals surface area contributed by atoms with Gasteiger partial charge >= 0.3 is 12.2 Å². The van der Waals surface area contributed by atoms with Crippen molar-refractivity contribution in [3.8, 4) is 0 Å². The molecule has 2 heterocycles. The standard InChI is InChI=1S/C22H32N4O4/c1-21(2,3)29-19(27)25-11-9-14(10-12-25)18-16-13-15(23)7-8-17(16)26(24-18)20(28)30-22(4,5)6/h7-8,13-14H,9-12,23H2,1-6H3. The number of piperidine rings is 1. The van der Waals surface area contributed by atoms with E-state index in [1.807, 2.05) is 47.6 Å². The molecule has 2 aromatic rings. The summed E-state index contributed by atoms with van der Waals surface area (Å²) in [5.41, 5.74) is 6.96. The van der Waals surface area contributed by atoms with Gasteiger partial charge in [0.2, 0.25) is 0 Å². The number of nitrogens with zero attached hydrogens (tertiary/aromatic N) is 3. The van der Waals surface area contributed by atoms with Crippen LogP contribution in [0.25, 0.3) is 10.9 Å². The molecule has 1 aliphatic heterocycles. The molecule has 8 heteroatoms. The number of aromatic nitrogens is 2. The lowest BCUT2D eigenvalue weighted by Crippen LogP contribution is -2.41. The number of rotatable bonds is 1. The third-order valence-corrected chi connectivity index (χ3v) is 4.83. The van der Waals surface area contributed by atoms with Crippen LogP contribution < -0.4 is 5.73 Å². The van der Waals surface area contributed by atoms with Crippen molar-refractivity contribution in [2.24, 2.45) is 0 Å². The number of likely N-dealkylation sites (tertiary alicyclic amines) is 1. The summed E-state index contributed by atoms with van der Waals surface area (Å²) in [4.78, 5) is 26.8. The van der Waals surface area contributed by atoms with E-state index in [4.69, 9.17) is 15.2 Å². The third kappa shape index (κ3) is 5.04. The Balaban J connectivity index is 1.84. The number of nitrogens with two attached hydrogens (primary N) is 1. The zero-order valence-electron chi connectivity index (χ0n) is 18.7. The van der Waals surface area contributed by atoms with Crippen molar-refractivity contribution in [3.63, 3.8) is 0 Å². The van der Waals surface area contributed by atoms with Gasteiger partial charge in [0, 0.05) is 30.1 Å². The summed E-state index contributed by atoms with van der Waals surface area (Å²) in [7, 11) is 0. The first-order valence-electron chi connectivity index (χ1n) is 10.3. The lowest BCUT2D eigenvalue weighted by molar-refractivity contribution is 0.0204. The van der Waals surface area contributed by atoms with Crippen molar-refractivity contribution in [1.82, 2.24) is 14.7 Å². The van der Waals surface area contributed by atoms with Gasteiger partial charge in [0.05, 0.1) is 11.2 Å². The Hall–Kier alpha value is -2.77. The summed E-state index contributed by atoms with van der Waals surface area (Å²) in [6.07, 6.45) is 0.646. The summed E-state index contributed by atoms with van der Waals surface area (Å²) < 4.78 is 12.3. The number of hydrogen-bond acceptors (Lipinski definition) is 6. The van der Waals surface area contributed by atoms with Crippen LogP contribution in [0.1, 0.15) is 66.0 Å². The van der Waals surface area contributed by atoms with Gasteiger partial charge in [0.15, 0.2) is 0 Å². The Labute approximate surface area is 177 Å². The molecule has 0 bridgehead atoms. The highest BCUT2D eigenvalue weighted by Crippen LogP contribution is 2.34. The van der Waals surface area contributed by atoms with Crippen LogP contribution in [0.2, 0.25) is 0 Å². The van der Waals surface area contributed by atoms with Crippen molar-refractivity contribution in [1.29, 1.82) is 0 Å². The summed E-state index contributed by atoms with van der Waals surface area (Å²) in [5.74, 6) is 0.108. The number of anilines is 1. The van der Waals surface area contributed by atoms with Crippen LogP contribution in [0.15, 0.2) is 18.2 Å². The van der Waals surface area contributed by atoms with Gasteiger partial charge in [-0.25, -0.2) is 9.59 Å². The molecule has 0 saturated carbocycles. The fraction of sp³-hybridized carbons (Fsp3) is 0.591. The lowest BCUT2D eigenvalue weighted by atomic mass is 9.91. The second-order valence-electron chi connectivity index (χ2n) is 9.80. The van der Waals surface area contributed by atoms with Crippen molar-refractivity contribution < 1.29 is 19.1 Å². The molecule has 8 nitrogen and oxygen atoms in total. The molecular formula is C22H32N4O4. The Morgan fingerprint density at radius 3 is 2.13 bits per heavy atom. The van der Waals surface area contributed by atoms with Crippen LogP contribution in [0.4, 0.5) is 15.3 Å². The number of amides is 1. The quantitative estimate of drug-likeness (QED) is 0.686. The number of ether oxygens (including phenoxy) is 2. The van der Waals surface area contributed by atoms with Gasteiger partial charge in [-0.1, -0.05) is 0 Å². The van der Waals surface area contributed by atoms with Crippen LogP contribution in [0.3, 0.4) is 0 Å². The van der Waals surface area contributed by atoms with Gasteiger partial charge < -0.3 is 20.1 Å². The van der Waals surface area contributed by atoms with E-state index in [0.29, 0.717) is 24.3 Å². The monoisotopic (exact) mass is 416 g/mol. The number of hydrogen-bond donors (Lipinski definition) is 1. The molecule has 1 fully saturated rings. The number of nitrogen functional groups attached to an aromatic ring is 1. The minimum atomic E-state index is -0.623. The molecule has 0 unspecified atom stereocenters. The summed E-state index contributed by atoms with van der Waals surface area (Å²) in [6, 6.07) is 5.39. The third-order valence-electron chi connectivity index (χ3n) is 4.83. The largest absolute Gasteiger partial charge is 0.444 e. The van der Waals surface area contributed by atoms with E-state index < -0.39 is 17.3 Å². The Morgan fingerprint density at radius 2 is 1.57 bits per heavy atom. The molecule has 0 radical (unpaired) electrons. The average molecular weight is 417 g/mol. The van der Waals surface area contributed by atoms with Crippen molar-refractivity contribution in [2.75, 3.05) is 18.8 Å². The van der Waals surface area contributed by atoms with Gasteiger partial charge in [-0.05, 0) is 72.6 Å². The molecule has 1 saturated heterocycles. The minimum absolute atomic E-state index is 0.108. The molecule has 1 aliphatic rings. The van der Waals surface area contributed by atoms with Gasteiger partial charge in [0.25, 0.3) is 0 Å². The Bertz CT molecular complexity index is 944. The zero-order valence-corrected chi connectivity index (χ0v) is 18.7. The predicted molar refractivity (Wildman–Crippen MR) is 116 cm³/mol. The average Bonchev–Trinajstić information content (AvgIpc) is 2.97. The maximum Gasteiger partial charge on any atom is 0.435 e. The second-order valence-corrected chi connectivity index (χ2v) is 9.80. The maximum absolute atomic E-state index is 12.7. The number of benzene rings is 1. The molecule has 1 aromatic carbocycles. The molecule has 0 aliphatic carbocycles. The molecule has 1 aromatic heterocycles. The molecule has 164 valence electrons. The Morgan fingerprint density at radius 1 is 1.00 bits per heavy atom. The van der Waals surface area contributed by atoms with E-state index >= 15 is 0 Å². The van der Waals surface area contributed by atoms with Crippen LogP contribution in [0, 0.1) is 0 Å². The predicted octanol–water partition coefficient (Wildman–Crippen LogP) is 4.52. The molecule has 0 spiro atoms. The van der Waals surface area contributed by atoms with Gasteiger partial charge in [-0.2, -0.15) is 9.78 Å². The van der Waals surface area contributed by atoms with E-state index in [2.05, 4.69) is 5.10 Å². The normalized spacial score (nSPS) is 16.0. The molecule has 3 rings (SSSR count). The van der Waals surface area contributed by atoms with Crippen LogP contribution in [-0.4, -0.2) is 51.2 Å². The maximum atomic E-state index is 12.7. The SMILES string of the molecule is CC(C)(C)OC(=O)N1CCC(c2nn(C(=O)OC(C)(C)C)c3ccc(N)cc23)CC1. The zero-order chi connectivity index (χ0) is 22.3. The number of fused-ring (bicyclic) bond motifs is 1. The first kappa shape index (κ1) is 21.9. The summed E-state index contributed by atoms with van der Waals surface area (Å²) >= 11 is 0. The molecule has 0 atom stereocenters. The van der Waals surface area contributed by atoms with Crippen LogP contribution in [-0.2, 0) is 9.47 Å². The first-order valence-corrected chi connectivity index (χ1v) is 10.3. The summed E-state index contributed by atoms with van der Waals surface area (Å²) in [5, 5.41) is 5.46. The molecule has 1 amide bonds. The highest BCUT2D eigenvalue weighted by Gasteiger charge is 2.31. The van der Waals surface area contributed by atoms with Gasteiger partial charge in [-0.15, -0.1) is 0 Å². The minimum Gasteiger partial charge on any atom is -0.444 e. The van der Waals surface area contributed by atoms with Gasteiger partial charge in [-0.3, -0.25) is 0 Å². The van der Waals surface area contributed by atoms with E-state index in [0.717, 1.165) is 23.9 Å². The fourth-order valence-corrected chi connectivity index (χ4v) is 3.57. The lowest BCUT2D eigenvalue weighted by Gasteiger charge is -2.33.